The standard InChI is InChI=1S/C14H19NO3/c1-17-13-7-8-15-9-12(13)10-3-5-11(6-4-10)14(16)18-2/h3-6,12-13,15H,7-9H2,1-2H3/t12?,13-/m1/s1. The number of methoxy groups -OCH3 is 2. The van der Waals surface area contributed by atoms with E-state index in [-0.39, 0.29) is 12.1 Å². The van der Waals surface area contributed by atoms with Crippen molar-refractivity contribution in [3.63, 3.8) is 0 Å². The van der Waals surface area contributed by atoms with Gasteiger partial charge in [0.1, 0.15) is 0 Å². The Morgan fingerprint density at radius 1 is 1.28 bits per heavy atom. The summed E-state index contributed by atoms with van der Waals surface area (Å²) in [5.41, 5.74) is 1.78. The summed E-state index contributed by atoms with van der Waals surface area (Å²) < 4.78 is 10.2. The second kappa shape index (κ2) is 5.98. The minimum absolute atomic E-state index is 0.246. The molecule has 0 aliphatic carbocycles. The van der Waals surface area contributed by atoms with Crippen molar-refractivity contribution in [2.24, 2.45) is 0 Å². The Morgan fingerprint density at radius 3 is 2.61 bits per heavy atom. The second-order valence-electron chi connectivity index (χ2n) is 4.49. The summed E-state index contributed by atoms with van der Waals surface area (Å²) in [4.78, 5) is 11.4. The van der Waals surface area contributed by atoms with Crippen LogP contribution in [0.4, 0.5) is 0 Å². The minimum Gasteiger partial charge on any atom is -0.465 e. The first kappa shape index (κ1) is 13.1. The number of esters is 1. The summed E-state index contributed by atoms with van der Waals surface area (Å²) in [6.07, 6.45) is 1.26. The number of rotatable bonds is 3. The van der Waals surface area contributed by atoms with Crippen LogP contribution in [0.25, 0.3) is 0 Å². The quantitative estimate of drug-likeness (QED) is 0.826. The van der Waals surface area contributed by atoms with Crippen LogP contribution in [0.2, 0.25) is 0 Å². The molecule has 2 atom stereocenters. The smallest absolute Gasteiger partial charge is 0.337 e. The normalized spacial score (nSPS) is 23.7. The molecule has 1 unspecified atom stereocenters. The molecule has 1 aromatic carbocycles. The van der Waals surface area contributed by atoms with Gasteiger partial charge in [-0.25, -0.2) is 4.79 Å². The van der Waals surface area contributed by atoms with Crippen molar-refractivity contribution in [2.75, 3.05) is 27.3 Å². The fourth-order valence-corrected chi connectivity index (χ4v) is 2.43. The summed E-state index contributed by atoms with van der Waals surface area (Å²) in [7, 11) is 3.15. The highest BCUT2D eigenvalue weighted by atomic mass is 16.5. The van der Waals surface area contributed by atoms with Crippen LogP contribution < -0.4 is 5.32 Å². The fraction of sp³-hybridized carbons (Fsp3) is 0.500. The average Bonchev–Trinajstić information content (AvgIpc) is 2.46. The molecule has 1 aliphatic rings. The Kier molecular flexibility index (Phi) is 4.33. The highest BCUT2D eigenvalue weighted by Crippen LogP contribution is 2.26. The van der Waals surface area contributed by atoms with Crippen LogP contribution in [-0.2, 0) is 9.47 Å². The van der Waals surface area contributed by atoms with Crippen LogP contribution in [0, 0.1) is 0 Å². The highest BCUT2D eigenvalue weighted by Gasteiger charge is 2.26. The molecule has 1 fully saturated rings. The first-order valence-electron chi connectivity index (χ1n) is 6.18. The molecule has 1 aliphatic heterocycles. The molecule has 98 valence electrons. The molecule has 0 amide bonds. The summed E-state index contributed by atoms with van der Waals surface area (Å²) in [5, 5.41) is 3.37. The van der Waals surface area contributed by atoms with E-state index in [0.29, 0.717) is 11.5 Å². The molecular weight excluding hydrogens is 230 g/mol. The number of nitrogens with one attached hydrogen (secondary N) is 1. The Morgan fingerprint density at radius 2 is 2.00 bits per heavy atom. The second-order valence-corrected chi connectivity index (χ2v) is 4.49. The lowest BCUT2D eigenvalue weighted by molar-refractivity contribution is 0.0584. The maximum Gasteiger partial charge on any atom is 0.337 e. The lowest BCUT2D eigenvalue weighted by Gasteiger charge is -2.31. The maximum atomic E-state index is 11.4. The topological polar surface area (TPSA) is 47.6 Å². The molecule has 4 nitrogen and oxygen atoms in total. The fourth-order valence-electron chi connectivity index (χ4n) is 2.43. The van der Waals surface area contributed by atoms with Crippen LogP contribution >= 0.6 is 0 Å². The zero-order valence-electron chi connectivity index (χ0n) is 10.8. The number of ether oxygens (including phenoxy) is 2. The molecule has 2 rings (SSSR count). The van der Waals surface area contributed by atoms with Crippen LogP contribution in [0.1, 0.15) is 28.3 Å². The van der Waals surface area contributed by atoms with E-state index in [0.717, 1.165) is 19.5 Å². The monoisotopic (exact) mass is 249 g/mol. The predicted octanol–water partition coefficient (Wildman–Crippen LogP) is 1.57. The summed E-state index contributed by atoms with van der Waals surface area (Å²) in [5.74, 6) is 0.0436. The van der Waals surface area contributed by atoms with Gasteiger partial charge in [0, 0.05) is 19.6 Å². The number of piperidine rings is 1. The van der Waals surface area contributed by atoms with Gasteiger partial charge in [-0.2, -0.15) is 0 Å². The van der Waals surface area contributed by atoms with Gasteiger partial charge in [0.25, 0.3) is 0 Å². The van der Waals surface area contributed by atoms with Crippen molar-refractivity contribution in [1.82, 2.24) is 5.32 Å². The molecule has 18 heavy (non-hydrogen) atoms. The molecule has 1 heterocycles. The molecule has 0 spiro atoms. The Bertz CT molecular complexity index is 402. The van der Waals surface area contributed by atoms with E-state index in [1.165, 1.54) is 12.7 Å². The van der Waals surface area contributed by atoms with Gasteiger partial charge in [-0.1, -0.05) is 12.1 Å². The molecule has 4 heteroatoms. The Labute approximate surface area is 107 Å². The summed E-state index contributed by atoms with van der Waals surface area (Å²) in [6.45, 7) is 1.91. The molecule has 1 N–H and O–H groups in total. The van der Waals surface area contributed by atoms with Gasteiger partial charge in [0.05, 0.1) is 18.8 Å². The summed E-state index contributed by atoms with van der Waals surface area (Å²) in [6, 6.07) is 7.58. The molecule has 1 saturated heterocycles. The van der Waals surface area contributed by atoms with Crippen LogP contribution in [0.15, 0.2) is 24.3 Å². The third kappa shape index (κ3) is 2.71. The van der Waals surface area contributed by atoms with Gasteiger partial charge in [-0.3, -0.25) is 0 Å². The largest absolute Gasteiger partial charge is 0.465 e. The minimum atomic E-state index is -0.299. The Hall–Kier alpha value is -1.39. The van der Waals surface area contributed by atoms with E-state index in [9.17, 15) is 4.79 Å². The van der Waals surface area contributed by atoms with Gasteiger partial charge in [0.15, 0.2) is 0 Å². The van der Waals surface area contributed by atoms with Crippen molar-refractivity contribution in [3.8, 4) is 0 Å². The van der Waals surface area contributed by atoms with Crippen molar-refractivity contribution in [2.45, 2.75) is 18.4 Å². The zero-order valence-corrected chi connectivity index (χ0v) is 10.8. The maximum absolute atomic E-state index is 11.4. The lowest BCUT2D eigenvalue weighted by atomic mass is 9.88. The third-order valence-electron chi connectivity index (χ3n) is 3.48. The van der Waals surface area contributed by atoms with Gasteiger partial charge in [-0.15, -0.1) is 0 Å². The number of benzene rings is 1. The van der Waals surface area contributed by atoms with E-state index >= 15 is 0 Å². The average molecular weight is 249 g/mol. The first-order chi connectivity index (χ1) is 8.76. The summed E-state index contributed by atoms with van der Waals surface area (Å²) >= 11 is 0. The predicted molar refractivity (Wildman–Crippen MR) is 68.8 cm³/mol. The van der Waals surface area contributed by atoms with Gasteiger partial charge in [-0.05, 0) is 30.7 Å². The highest BCUT2D eigenvalue weighted by molar-refractivity contribution is 5.89. The SMILES string of the molecule is COC(=O)c1ccc(C2CNCC[C@H]2OC)cc1. The van der Waals surface area contributed by atoms with E-state index in [2.05, 4.69) is 10.1 Å². The van der Waals surface area contributed by atoms with E-state index in [1.54, 1.807) is 7.11 Å². The van der Waals surface area contributed by atoms with E-state index < -0.39 is 0 Å². The van der Waals surface area contributed by atoms with Crippen molar-refractivity contribution in [1.29, 1.82) is 0 Å². The number of hydrogen-bond acceptors (Lipinski definition) is 4. The van der Waals surface area contributed by atoms with E-state index in [4.69, 9.17) is 4.74 Å². The van der Waals surface area contributed by atoms with Gasteiger partial charge in [0.2, 0.25) is 0 Å². The number of hydrogen-bond donors (Lipinski definition) is 1. The van der Waals surface area contributed by atoms with Crippen LogP contribution in [-0.4, -0.2) is 39.4 Å². The Balaban J connectivity index is 2.15. The van der Waals surface area contributed by atoms with E-state index in [1.807, 2.05) is 24.3 Å². The van der Waals surface area contributed by atoms with Crippen molar-refractivity contribution < 1.29 is 14.3 Å². The van der Waals surface area contributed by atoms with Gasteiger partial charge < -0.3 is 14.8 Å². The molecule has 0 radical (unpaired) electrons. The number of carbonyl (C=O) groups excluding carboxylic acids is 1. The number of carbonyl (C=O) groups is 1. The van der Waals surface area contributed by atoms with Gasteiger partial charge >= 0.3 is 5.97 Å². The van der Waals surface area contributed by atoms with Crippen molar-refractivity contribution >= 4 is 5.97 Å². The third-order valence-corrected chi connectivity index (χ3v) is 3.48. The molecule has 0 saturated carbocycles. The first-order valence-corrected chi connectivity index (χ1v) is 6.18. The zero-order chi connectivity index (χ0) is 13.0. The van der Waals surface area contributed by atoms with Crippen molar-refractivity contribution in [3.05, 3.63) is 35.4 Å². The molecule has 1 aromatic rings. The molecule has 0 aromatic heterocycles. The molecule has 0 bridgehead atoms. The molecular formula is C14H19NO3. The van der Waals surface area contributed by atoms with Crippen LogP contribution in [0.3, 0.4) is 0 Å². The van der Waals surface area contributed by atoms with Crippen LogP contribution in [0.5, 0.6) is 0 Å². The lowest BCUT2D eigenvalue weighted by Crippen LogP contribution is -2.39.